The molecule has 0 aromatic heterocycles. The minimum Gasteiger partial charge on any atom is -0.378 e. The Morgan fingerprint density at radius 3 is 2.72 bits per heavy atom. The van der Waals surface area contributed by atoms with Crippen molar-refractivity contribution >= 4 is 27.7 Å². The fourth-order valence-corrected chi connectivity index (χ4v) is 4.30. The van der Waals surface area contributed by atoms with E-state index in [0.717, 1.165) is 39.8 Å². The molecule has 1 unspecified atom stereocenters. The average molecular weight is 452 g/mol. The van der Waals surface area contributed by atoms with Crippen LogP contribution in [-0.4, -0.2) is 35.4 Å². The molecule has 1 spiro atoms. The summed E-state index contributed by atoms with van der Waals surface area (Å²) in [7, 11) is 0. The lowest BCUT2D eigenvalue weighted by Gasteiger charge is -2.22. The summed E-state index contributed by atoms with van der Waals surface area (Å²) in [6.07, 6.45) is 2.39. The highest BCUT2D eigenvalue weighted by Crippen LogP contribution is 2.34. The first-order chi connectivity index (χ1) is 14.1. The van der Waals surface area contributed by atoms with Crippen LogP contribution in [0.15, 0.2) is 51.9 Å². The van der Waals surface area contributed by atoms with E-state index in [9.17, 15) is 10.1 Å². The van der Waals surface area contributed by atoms with Crippen LogP contribution in [0.5, 0.6) is 0 Å². The second-order valence-electron chi connectivity index (χ2n) is 7.50. The minimum atomic E-state index is -0.706. The van der Waals surface area contributed by atoms with Crippen molar-refractivity contribution in [3.05, 3.63) is 58.1 Å². The third-order valence-electron chi connectivity index (χ3n) is 5.48. The fourth-order valence-electron chi connectivity index (χ4n) is 3.94. The maximum Gasteiger partial charge on any atom is 0.258 e. The molecule has 0 aliphatic carbocycles. The average Bonchev–Trinajstić information content (AvgIpc) is 3.30. The number of hydrogen-bond acceptors (Lipinski definition) is 4. The Labute approximate surface area is 179 Å². The Kier molecular flexibility index (Phi) is 5.53. The smallest absolute Gasteiger partial charge is 0.258 e. The Morgan fingerprint density at radius 2 is 2.07 bits per heavy atom. The number of nitriles is 1. The highest BCUT2D eigenvalue weighted by atomic mass is 79.9. The molecule has 0 N–H and O–H groups in total. The number of carbonyl (C=O) groups is 1. The number of hydrogen-bond donors (Lipinski definition) is 0. The minimum absolute atomic E-state index is 0.0567. The van der Waals surface area contributed by atoms with Crippen LogP contribution in [0.3, 0.4) is 0 Å². The number of amidine groups is 1. The summed E-state index contributed by atoms with van der Waals surface area (Å²) >= 11 is 3.48. The molecular formula is C23H22BrN3O2. The molecule has 6 heteroatoms. The van der Waals surface area contributed by atoms with Gasteiger partial charge in [0.25, 0.3) is 5.91 Å². The number of benzene rings is 2. The molecule has 2 aliphatic rings. The molecule has 2 heterocycles. The zero-order valence-corrected chi connectivity index (χ0v) is 17.9. The predicted octanol–water partition coefficient (Wildman–Crippen LogP) is 4.69. The van der Waals surface area contributed by atoms with Gasteiger partial charge >= 0.3 is 0 Å². The van der Waals surface area contributed by atoms with Gasteiger partial charge in [-0.25, -0.2) is 0 Å². The third-order valence-corrected chi connectivity index (χ3v) is 5.97. The van der Waals surface area contributed by atoms with Crippen molar-refractivity contribution in [2.75, 3.05) is 13.2 Å². The zero-order chi connectivity index (χ0) is 20.4. The SMILES string of the molecule is CCCC1=NC2(CCOC2)C(=O)N1Cc1ccc(-c2cc(Br)ccc2C#N)cc1. The van der Waals surface area contributed by atoms with Crippen LogP contribution < -0.4 is 0 Å². The molecule has 0 saturated carbocycles. The third kappa shape index (κ3) is 3.73. The van der Waals surface area contributed by atoms with Gasteiger partial charge in [-0.05, 0) is 35.7 Å². The largest absolute Gasteiger partial charge is 0.378 e. The van der Waals surface area contributed by atoms with Crippen LogP contribution in [0.25, 0.3) is 11.1 Å². The standard InChI is InChI=1S/C23H22BrN3O2/c1-2-3-21-26-23(10-11-29-15-23)22(28)27(21)14-16-4-6-17(7-5-16)20-12-19(24)9-8-18(20)13-25/h4-9,12H,2-3,10-11,14-15H2,1H3. The lowest BCUT2D eigenvalue weighted by Crippen LogP contribution is -2.42. The Balaban J connectivity index is 1.58. The van der Waals surface area contributed by atoms with Gasteiger partial charge in [0, 0.05) is 29.5 Å². The lowest BCUT2D eigenvalue weighted by atomic mass is 9.98. The summed E-state index contributed by atoms with van der Waals surface area (Å²) < 4.78 is 6.42. The molecule has 1 amide bonds. The van der Waals surface area contributed by atoms with E-state index in [4.69, 9.17) is 9.73 Å². The first-order valence-corrected chi connectivity index (χ1v) is 10.6. The van der Waals surface area contributed by atoms with Crippen molar-refractivity contribution in [2.45, 2.75) is 38.3 Å². The highest BCUT2D eigenvalue weighted by Gasteiger charge is 2.50. The number of rotatable bonds is 5. The molecule has 2 aliphatic heterocycles. The molecule has 1 atom stereocenters. The molecule has 1 saturated heterocycles. The number of nitrogens with zero attached hydrogens (tertiary/aromatic N) is 3. The van der Waals surface area contributed by atoms with Crippen LogP contribution in [0.4, 0.5) is 0 Å². The first kappa shape index (κ1) is 19.8. The second kappa shape index (κ2) is 8.10. The van der Waals surface area contributed by atoms with Crippen LogP contribution in [0.1, 0.15) is 37.3 Å². The van der Waals surface area contributed by atoms with E-state index in [1.165, 1.54) is 0 Å². The van der Waals surface area contributed by atoms with E-state index >= 15 is 0 Å². The summed E-state index contributed by atoms with van der Waals surface area (Å²) in [6, 6.07) is 15.9. The van der Waals surface area contributed by atoms with E-state index in [1.807, 2.05) is 47.4 Å². The van der Waals surface area contributed by atoms with Crippen LogP contribution >= 0.6 is 15.9 Å². The zero-order valence-electron chi connectivity index (χ0n) is 16.3. The van der Waals surface area contributed by atoms with Gasteiger partial charge in [0.15, 0.2) is 5.54 Å². The van der Waals surface area contributed by atoms with E-state index in [-0.39, 0.29) is 5.91 Å². The summed E-state index contributed by atoms with van der Waals surface area (Å²) in [6.45, 7) is 3.57. The van der Waals surface area contributed by atoms with Crippen LogP contribution in [0, 0.1) is 11.3 Å². The normalized spacial score (nSPS) is 20.9. The van der Waals surface area contributed by atoms with Gasteiger partial charge in [-0.15, -0.1) is 0 Å². The molecule has 0 radical (unpaired) electrons. The van der Waals surface area contributed by atoms with Gasteiger partial charge in [0.2, 0.25) is 0 Å². The molecule has 5 nitrogen and oxygen atoms in total. The first-order valence-electron chi connectivity index (χ1n) is 9.84. The number of amides is 1. The Morgan fingerprint density at radius 1 is 1.28 bits per heavy atom. The van der Waals surface area contributed by atoms with Gasteiger partial charge in [-0.3, -0.25) is 14.7 Å². The quantitative estimate of drug-likeness (QED) is 0.662. The van der Waals surface area contributed by atoms with Gasteiger partial charge < -0.3 is 4.74 Å². The summed E-state index contributed by atoms with van der Waals surface area (Å²) in [5, 5.41) is 9.39. The fraction of sp³-hybridized carbons (Fsp3) is 0.348. The molecule has 4 rings (SSSR count). The molecule has 0 bridgehead atoms. The number of halogens is 1. The van der Waals surface area contributed by atoms with Gasteiger partial charge in [0.1, 0.15) is 5.84 Å². The van der Waals surface area contributed by atoms with E-state index in [1.54, 1.807) is 0 Å². The number of carbonyl (C=O) groups excluding carboxylic acids is 1. The van der Waals surface area contributed by atoms with Crippen molar-refractivity contribution in [2.24, 2.45) is 4.99 Å². The lowest BCUT2D eigenvalue weighted by molar-refractivity contribution is -0.131. The van der Waals surface area contributed by atoms with Gasteiger partial charge in [0.05, 0.1) is 24.8 Å². The second-order valence-corrected chi connectivity index (χ2v) is 8.42. The molecule has 2 aromatic carbocycles. The topological polar surface area (TPSA) is 65.7 Å². The van der Waals surface area contributed by atoms with Crippen molar-refractivity contribution < 1.29 is 9.53 Å². The van der Waals surface area contributed by atoms with Crippen LogP contribution in [0.2, 0.25) is 0 Å². The molecule has 148 valence electrons. The van der Waals surface area contributed by atoms with Crippen molar-refractivity contribution in [1.82, 2.24) is 4.90 Å². The predicted molar refractivity (Wildman–Crippen MR) is 115 cm³/mol. The molecule has 29 heavy (non-hydrogen) atoms. The maximum atomic E-state index is 13.1. The van der Waals surface area contributed by atoms with Gasteiger partial charge in [-0.2, -0.15) is 5.26 Å². The van der Waals surface area contributed by atoms with Crippen molar-refractivity contribution in [3.8, 4) is 17.2 Å². The summed E-state index contributed by atoms with van der Waals surface area (Å²) in [5.41, 5.74) is 2.83. The summed E-state index contributed by atoms with van der Waals surface area (Å²) in [4.78, 5) is 19.7. The molecular weight excluding hydrogens is 430 g/mol. The van der Waals surface area contributed by atoms with E-state index in [0.29, 0.717) is 31.7 Å². The highest BCUT2D eigenvalue weighted by molar-refractivity contribution is 9.10. The molecule has 2 aromatic rings. The monoisotopic (exact) mass is 451 g/mol. The van der Waals surface area contributed by atoms with Gasteiger partial charge in [-0.1, -0.05) is 47.1 Å². The Bertz CT molecular complexity index is 1000. The van der Waals surface area contributed by atoms with Crippen LogP contribution in [-0.2, 0) is 16.1 Å². The Hall–Kier alpha value is -2.49. The number of ether oxygens (including phenoxy) is 1. The number of aliphatic imine (C=N–C) groups is 1. The summed E-state index contributed by atoms with van der Waals surface area (Å²) in [5.74, 6) is 0.923. The molecule has 1 fully saturated rings. The van der Waals surface area contributed by atoms with Crippen molar-refractivity contribution in [3.63, 3.8) is 0 Å². The van der Waals surface area contributed by atoms with E-state index < -0.39 is 5.54 Å². The van der Waals surface area contributed by atoms with Crippen molar-refractivity contribution in [1.29, 1.82) is 5.26 Å². The van der Waals surface area contributed by atoms with E-state index in [2.05, 4.69) is 28.9 Å². The maximum absolute atomic E-state index is 13.1.